The SMILES string of the molecule is COc1cc2c(Oc3ccc(CC(=O)N/N=C(/C)c4ccc(C(F)(F)F)cc4)cc3F)ccnc2cc1OCCCN1CCOCC1. The third-order valence-corrected chi connectivity index (χ3v) is 7.53. The average Bonchev–Trinajstić information content (AvgIpc) is 3.06. The minimum atomic E-state index is -4.45. The number of benzene rings is 3. The molecular weight excluding hydrogens is 620 g/mol. The predicted molar refractivity (Wildman–Crippen MR) is 168 cm³/mol. The Morgan fingerprint density at radius 2 is 1.77 bits per heavy atom. The molecule has 0 unspecified atom stereocenters. The van der Waals surface area contributed by atoms with Crippen LogP contribution in [0.5, 0.6) is 23.0 Å². The van der Waals surface area contributed by atoms with E-state index in [4.69, 9.17) is 18.9 Å². The molecule has 1 N–H and O–H groups in total. The standard InChI is InChI=1S/C34H34F4N4O5/c1-22(24-5-7-25(8-6-24)34(36,37)38)40-41-33(43)19-23-4-9-30(27(35)18-23)47-29-10-11-39-28-21-32(31(44-2)20-26(28)29)46-15-3-12-42-13-16-45-17-14-42/h4-11,18,20-21H,3,12-17,19H2,1-2H3,(H,41,43)/b40-22-. The molecule has 0 aliphatic carbocycles. The van der Waals surface area contributed by atoms with Crippen LogP contribution in [0, 0.1) is 5.82 Å². The number of nitrogens with one attached hydrogen (secondary N) is 1. The number of hydrazone groups is 1. The summed E-state index contributed by atoms with van der Waals surface area (Å²) < 4.78 is 76.4. The monoisotopic (exact) mass is 654 g/mol. The molecule has 5 rings (SSSR count). The van der Waals surface area contributed by atoms with E-state index in [9.17, 15) is 18.0 Å². The third-order valence-electron chi connectivity index (χ3n) is 7.53. The third kappa shape index (κ3) is 8.95. The van der Waals surface area contributed by atoms with Crippen molar-refractivity contribution in [2.75, 3.05) is 46.6 Å². The van der Waals surface area contributed by atoms with Gasteiger partial charge in [0.15, 0.2) is 23.1 Å². The van der Waals surface area contributed by atoms with E-state index in [-0.39, 0.29) is 12.2 Å². The van der Waals surface area contributed by atoms with Crippen molar-refractivity contribution >= 4 is 22.5 Å². The van der Waals surface area contributed by atoms with E-state index in [1.165, 1.54) is 31.4 Å². The summed E-state index contributed by atoms with van der Waals surface area (Å²) >= 11 is 0. The van der Waals surface area contributed by atoms with Gasteiger partial charge in [-0.1, -0.05) is 18.2 Å². The zero-order chi connectivity index (χ0) is 33.4. The lowest BCUT2D eigenvalue weighted by molar-refractivity contribution is -0.137. The summed E-state index contributed by atoms with van der Waals surface area (Å²) in [5.74, 6) is 0.108. The Labute approximate surface area is 269 Å². The number of rotatable bonds is 12. The molecular formula is C34H34F4N4O5. The van der Waals surface area contributed by atoms with Gasteiger partial charge < -0.3 is 18.9 Å². The van der Waals surface area contributed by atoms with E-state index in [1.54, 1.807) is 37.4 Å². The number of ether oxygens (including phenoxy) is 4. The molecule has 2 heterocycles. The van der Waals surface area contributed by atoms with Crippen LogP contribution in [0.15, 0.2) is 72.0 Å². The molecule has 1 aromatic heterocycles. The lowest BCUT2D eigenvalue weighted by Crippen LogP contribution is -2.37. The highest BCUT2D eigenvalue weighted by Gasteiger charge is 2.30. The first-order valence-corrected chi connectivity index (χ1v) is 15.0. The number of aromatic nitrogens is 1. The molecule has 0 radical (unpaired) electrons. The smallest absolute Gasteiger partial charge is 0.416 e. The molecule has 0 bridgehead atoms. The van der Waals surface area contributed by atoms with Crippen LogP contribution in [0.2, 0.25) is 0 Å². The second kappa shape index (κ2) is 15.2. The van der Waals surface area contributed by atoms with Crippen molar-refractivity contribution in [3.8, 4) is 23.0 Å². The van der Waals surface area contributed by atoms with E-state index in [1.807, 2.05) is 0 Å². The molecule has 1 aliphatic rings. The number of hydrogen-bond acceptors (Lipinski definition) is 8. The molecule has 47 heavy (non-hydrogen) atoms. The van der Waals surface area contributed by atoms with E-state index >= 15 is 4.39 Å². The van der Waals surface area contributed by atoms with E-state index < -0.39 is 23.5 Å². The van der Waals surface area contributed by atoms with E-state index in [2.05, 4.69) is 20.4 Å². The summed E-state index contributed by atoms with van der Waals surface area (Å²) in [6.45, 7) is 6.27. The zero-order valence-electron chi connectivity index (χ0n) is 25.9. The highest BCUT2D eigenvalue weighted by molar-refractivity contribution is 5.99. The number of carbonyl (C=O) groups excluding carboxylic acids is 1. The van der Waals surface area contributed by atoms with Crippen LogP contribution in [0.1, 0.15) is 30.0 Å². The van der Waals surface area contributed by atoms with Crippen LogP contribution in [0.3, 0.4) is 0 Å². The van der Waals surface area contributed by atoms with Crippen molar-refractivity contribution in [3.05, 3.63) is 89.4 Å². The van der Waals surface area contributed by atoms with Crippen LogP contribution in [0.25, 0.3) is 10.9 Å². The number of morpholine rings is 1. The van der Waals surface area contributed by atoms with Gasteiger partial charge in [-0.15, -0.1) is 0 Å². The summed E-state index contributed by atoms with van der Waals surface area (Å²) in [5, 5.41) is 4.55. The number of fused-ring (bicyclic) bond motifs is 1. The number of pyridine rings is 1. The first-order chi connectivity index (χ1) is 22.6. The van der Waals surface area contributed by atoms with Gasteiger partial charge >= 0.3 is 6.18 Å². The lowest BCUT2D eigenvalue weighted by atomic mass is 10.1. The first kappa shape index (κ1) is 33.6. The Kier molecular flexibility index (Phi) is 10.9. The van der Waals surface area contributed by atoms with Gasteiger partial charge in [0, 0.05) is 37.3 Å². The van der Waals surface area contributed by atoms with Crippen LogP contribution in [0.4, 0.5) is 17.6 Å². The van der Waals surface area contributed by atoms with Crippen molar-refractivity contribution in [1.82, 2.24) is 15.3 Å². The van der Waals surface area contributed by atoms with Crippen molar-refractivity contribution in [2.24, 2.45) is 5.10 Å². The number of carbonyl (C=O) groups is 1. The fourth-order valence-corrected chi connectivity index (χ4v) is 4.98. The largest absolute Gasteiger partial charge is 0.493 e. The fraction of sp³-hybridized carbons (Fsp3) is 0.324. The minimum Gasteiger partial charge on any atom is -0.493 e. The van der Waals surface area contributed by atoms with E-state index in [0.29, 0.717) is 51.6 Å². The van der Waals surface area contributed by atoms with Gasteiger partial charge in [0.05, 0.1) is 50.1 Å². The van der Waals surface area contributed by atoms with Gasteiger partial charge in [-0.3, -0.25) is 14.7 Å². The van der Waals surface area contributed by atoms with Gasteiger partial charge in [-0.25, -0.2) is 9.82 Å². The van der Waals surface area contributed by atoms with Crippen LogP contribution >= 0.6 is 0 Å². The molecule has 1 saturated heterocycles. The summed E-state index contributed by atoms with van der Waals surface area (Å²) in [6, 6.07) is 13.7. The topological polar surface area (TPSA) is 94.5 Å². The van der Waals surface area contributed by atoms with Crippen LogP contribution in [-0.4, -0.2) is 68.1 Å². The molecule has 4 aromatic rings. The highest BCUT2D eigenvalue weighted by Crippen LogP contribution is 2.38. The van der Waals surface area contributed by atoms with Gasteiger partial charge in [-0.2, -0.15) is 18.3 Å². The van der Waals surface area contributed by atoms with Gasteiger partial charge in [-0.05, 0) is 60.9 Å². The van der Waals surface area contributed by atoms with Crippen molar-refractivity contribution in [2.45, 2.75) is 25.9 Å². The van der Waals surface area contributed by atoms with Gasteiger partial charge in [0.1, 0.15) is 5.75 Å². The lowest BCUT2D eigenvalue weighted by Gasteiger charge is -2.26. The van der Waals surface area contributed by atoms with Crippen molar-refractivity contribution < 1.29 is 41.3 Å². The molecule has 248 valence electrons. The number of alkyl halides is 3. The Balaban J connectivity index is 1.20. The molecule has 0 atom stereocenters. The molecule has 3 aromatic carbocycles. The Hall–Kier alpha value is -4.75. The normalized spacial score (nSPS) is 14.2. The predicted octanol–water partition coefficient (Wildman–Crippen LogP) is 6.38. The molecule has 1 aliphatic heterocycles. The minimum absolute atomic E-state index is 0.0553. The van der Waals surface area contributed by atoms with Crippen molar-refractivity contribution in [1.29, 1.82) is 0 Å². The van der Waals surface area contributed by atoms with Crippen LogP contribution in [-0.2, 0) is 22.1 Å². The highest BCUT2D eigenvalue weighted by atomic mass is 19.4. The van der Waals surface area contributed by atoms with Gasteiger partial charge in [0.2, 0.25) is 5.91 Å². The van der Waals surface area contributed by atoms with E-state index in [0.717, 1.165) is 51.4 Å². The Morgan fingerprint density at radius 3 is 2.47 bits per heavy atom. The molecule has 1 fully saturated rings. The van der Waals surface area contributed by atoms with Crippen LogP contribution < -0.4 is 19.6 Å². The molecule has 13 heteroatoms. The maximum absolute atomic E-state index is 15.1. The summed E-state index contributed by atoms with van der Waals surface area (Å²) in [5.41, 5.74) is 3.24. The fourth-order valence-electron chi connectivity index (χ4n) is 4.98. The van der Waals surface area contributed by atoms with Gasteiger partial charge in [0.25, 0.3) is 0 Å². The summed E-state index contributed by atoms with van der Waals surface area (Å²) in [7, 11) is 1.54. The number of amides is 1. The molecule has 9 nitrogen and oxygen atoms in total. The number of halogens is 4. The molecule has 0 spiro atoms. The Morgan fingerprint density at radius 1 is 1.00 bits per heavy atom. The molecule has 1 amide bonds. The summed E-state index contributed by atoms with van der Waals surface area (Å²) in [6.07, 6.45) is -2.25. The molecule has 0 saturated carbocycles. The number of hydrogen-bond donors (Lipinski definition) is 1. The summed E-state index contributed by atoms with van der Waals surface area (Å²) in [4.78, 5) is 19.2. The first-order valence-electron chi connectivity index (χ1n) is 15.0. The maximum Gasteiger partial charge on any atom is 0.416 e. The number of methoxy groups -OCH3 is 1. The average molecular weight is 655 g/mol. The zero-order valence-corrected chi connectivity index (χ0v) is 25.9. The maximum atomic E-state index is 15.1. The Bertz CT molecular complexity index is 1720. The quantitative estimate of drug-likeness (QED) is 0.0821. The van der Waals surface area contributed by atoms with Crippen molar-refractivity contribution in [3.63, 3.8) is 0 Å². The number of nitrogens with zero attached hydrogens (tertiary/aromatic N) is 3. The second-order valence-corrected chi connectivity index (χ2v) is 10.8. The second-order valence-electron chi connectivity index (χ2n) is 10.8.